The molecule has 7 amide bonds. The van der Waals surface area contributed by atoms with Crippen LogP contribution in [0, 0.1) is 23.2 Å². The summed E-state index contributed by atoms with van der Waals surface area (Å²) in [5, 5.41) is 16.6. The smallest absolute Gasteiger partial charge is 0.407 e. The van der Waals surface area contributed by atoms with E-state index in [9.17, 15) is 43.2 Å². The number of aldehydes is 1. The number of anilines is 1. The Kier molecular flexibility index (Phi) is 26.7. The Balaban J connectivity index is 0.856. The fourth-order valence-corrected chi connectivity index (χ4v) is 11.2. The average molecular weight is 1330 g/mol. The second-order valence-corrected chi connectivity index (χ2v) is 25.5. The summed E-state index contributed by atoms with van der Waals surface area (Å²) in [5.74, 6) is -3.74. The van der Waals surface area contributed by atoms with Crippen molar-refractivity contribution in [1.29, 1.82) is 0 Å². The number of amides is 7. The van der Waals surface area contributed by atoms with Gasteiger partial charge in [-0.05, 0) is 126 Å². The Labute approximate surface area is 558 Å². The van der Waals surface area contributed by atoms with Crippen molar-refractivity contribution in [2.45, 2.75) is 142 Å². The highest BCUT2D eigenvalue weighted by Gasteiger charge is 2.48. The van der Waals surface area contributed by atoms with Crippen molar-refractivity contribution in [3.05, 3.63) is 166 Å². The lowest BCUT2D eigenvalue weighted by Crippen LogP contribution is -2.54. The van der Waals surface area contributed by atoms with E-state index < -0.39 is 89.5 Å². The minimum atomic E-state index is -1.28. The quantitative estimate of drug-likeness (QED) is 0.00475. The predicted octanol–water partition coefficient (Wildman–Crippen LogP) is 9.01. The maximum Gasteiger partial charge on any atom is 0.407 e. The zero-order valence-electron chi connectivity index (χ0n) is 54.8. The number of hydrogen-bond acceptors (Lipinski definition) is 16. The van der Waals surface area contributed by atoms with Gasteiger partial charge < -0.3 is 71.8 Å². The number of epoxide rings is 1. The van der Waals surface area contributed by atoms with Crippen LogP contribution in [0.1, 0.15) is 120 Å². The number of fused-ring (bicyclic) bond motifs is 3. The van der Waals surface area contributed by atoms with Gasteiger partial charge in [0.2, 0.25) is 17.7 Å². The molecule has 24 heteroatoms. The van der Waals surface area contributed by atoms with E-state index in [1.807, 2.05) is 93.6 Å². The van der Waals surface area contributed by atoms with E-state index in [1.165, 1.54) is 13.2 Å². The topological polar surface area (TPSA) is 337 Å². The van der Waals surface area contributed by atoms with Gasteiger partial charge in [0.15, 0.2) is 6.10 Å². The van der Waals surface area contributed by atoms with Crippen molar-refractivity contribution in [3.63, 3.8) is 0 Å². The normalized spacial score (nSPS) is 15.9. The van der Waals surface area contributed by atoms with E-state index in [-0.39, 0.29) is 94.9 Å². The fraction of sp³-hybridized carbons (Fsp3) is 0.423. The molecule has 1 heterocycles. The number of halogens is 1. The van der Waals surface area contributed by atoms with Crippen LogP contribution in [0.15, 0.2) is 127 Å². The summed E-state index contributed by atoms with van der Waals surface area (Å²) >= 11 is 6.25. The Hall–Kier alpha value is -9.32. The van der Waals surface area contributed by atoms with Crippen LogP contribution < -0.4 is 48.1 Å². The van der Waals surface area contributed by atoms with Gasteiger partial charge in [0, 0.05) is 43.6 Å². The SMILES string of the molecule is COc1ccc(C[C@@H](N)C(=O)NCC(C)(C)C(=O)O[C@@H](CC(C)C)C(=O)O[C@H](C/C=C/C=O)[C@H](C)[C@@H]2O[C@H]2c2ccc(CNC(=O)OCc3ccc(NC(=O)[C@H](CCCNC(N)=O)NC(=O)[C@@H](NC(=O)OCC4c5ccccc5-c5ccccc54)C(C)C)cc3)cc2)cc1Cl. The van der Waals surface area contributed by atoms with Crippen LogP contribution in [0.3, 0.4) is 0 Å². The first-order chi connectivity index (χ1) is 45.3. The number of carbonyl (C=O) groups excluding carboxylic acids is 9. The molecule has 1 saturated heterocycles. The summed E-state index contributed by atoms with van der Waals surface area (Å²) in [6.45, 7) is 12.4. The molecule has 10 N–H and O–H groups in total. The zero-order chi connectivity index (χ0) is 68.9. The Morgan fingerprint density at radius 3 is 2.01 bits per heavy atom. The maximum absolute atomic E-state index is 14.0. The molecule has 95 heavy (non-hydrogen) atoms. The van der Waals surface area contributed by atoms with Gasteiger partial charge in [0.05, 0.1) is 29.7 Å². The number of methoxy groups -OCH3 is 1. The molecule has 7 rings (SSSR count). The van der Waals surface area contributed by atoms with Crippen molar-refractivity contribution in [2.24, 2.45) is 34.6 Å². The molecule has 1 fully saturated rings. The standard InChI is InChI=1S/C71H87ClN8O15/c1-41(2)34-59(94-67(86)71(6,7)40-77-63(82)55(73)36-46-26-31-58(90-8)54(72)35-46)66(85)93-57(21-13-14-33-81)43(5)61-62(95-61)47-27-22-44(23-28-47)37-76-69(88)91-38-45-24-29-48(30-25-45)78-64(83)56(20-15-32-75-68(74)87)79-65(84)60(42(3)4)80-70(89)92-39-53-51-18-11-9-16-49(51)50-17-10-12-19-52(50)53/h9-14,16-19,22-31,33,35,41-43,53,55-57,59-62H,15,20-21,32,34,36-40,73H2,1-8H3,(H,76,88)(H,77,82)(H,78,83)(H,79,84)(H,80,89)(H3,74,75,87)/b14-13+/t43-,55+,56-,57+,59-,60-,61-,62-/m0/s1. The summed E-state index contributed by atoms with van der Waals surface area (Å²) in [6.07, 6.45) is 0.144. The number of urea groups is 1. The molecule has 0 radical (unpaired) electrons. The molecule has 508 valence electrons. The number of alkyl carbamates (subject to hydrolysis) is 2. The van der Waals surface area contributed by atoms with E-state index in [0.29, 0.717) is 28.3 Å². The lowest BCUT2D eigenvalue weighted by molar-refractivity contribution is -0.179. The minimum Gasteiger partial charge on any atom is -0.495 e. The van der Waals surface area contributed by atoms with Crippen LogP contribution in [0.4, 0.5) is 20.1 Å². The number of rotatable bonds is 34. The first-order valence-corrected chi connectivity index (χ1v) is 32.1. The number of allylic oxidation sites excluding steroid dienone is 1. The molecule has 0 spiro atoms. The van der Waals surface area contributed by atoms with Gasteiger partial charge in [-0.15, -0.1) is 0 Å². The Bertz CT molecular complexity index is 3480. The van der Waals surface area contributed by atoms with Crippen molar-refractivity contribution in [2.75, 3.05) is 32.1 Å². The number of esters is 2. The molecular weight excluding hydrogens is 1240 g/mol. The predicted molar refractivity (Wildman–Crippen MR) is 356 cm³/mol. The molecular formula is C71H87ClN8O15. The molecule has 0 aromatic heterocycles. The van der Waals surface area contributed by atoms with Crippen LogP contribution in [0.5, 0.6) is 5.75 Å². The van der Waals surface area contributed by atoms with Gasteiger partial charge in [-0.25, -0.2) is 19.2 Å². The first kappa shape index (κ1) is 73.1. The summed E-state index contributed by atoms with van der Waals surface area (Å²) in [6, 6.07) is 31.1. The molecule has 2 aliphatic rings. The van der Waals surface area contributed by atoms with E-state index in [1.54, 1.807) is 76.2 Å². The van der Waals surface area contributed by atoms with Gasteiger partial charge >= 0.3 is 30.2 Å². The summed E-state index contributed by atoms with van der Waals surface area (Å²) in [7, 11) is 1.50. The van der Waals surface area contributed by atoms with E-state index in [2.05, 4.69) is 31.9 Å². The number of nitrogens with one attached hydrogen (secondary N) is 6. The van der Waals surface area contributed by atoms with Gasteiger partial charge in [-0.1, -0.05) is 143 Å². The van der Waals surface area contributed by atoms with Crippen molar-refractivity contribution in [1.82, 2.24) is 26.6 Å². The van der Waals surface area contributed by atoms with Crippen LogP contribution in [-0.4, -0.2) is 117 Å². The lowest BCUT2D eigenvalue weighted by Gasteiger charge is -2.29. The summed E-state index contributed by atoms with van der Waals surface area (Å²) < 4.78 is 34.5. The molecule has 23 nitrogen and oxygen atoms in total. The monoisotopic (exact) mass is 1330 g/mol. The van der Waals surface area contributed by atoms with Crippen molar-refractivity contribution in [3.8, 4) is 16.9 Å². The third-order valence-corrected chi connectivity index (χ3v) is 16.7. The number of benzene rings is 5. The van der Waals surface area contributed by atoms with Crippen LogP contribution >= 0.6 is 11.6 Å². The number of primary amides is 1. The highest BCUT2D eigenvalue weighted by Crippen LogP contribution is 2.46. The second kappa shape index (κ2) is 34.7. The van der Waals surface area contributed by atoms with E-state index >= 15 is 0 Å². The molecule has 5 aromatic rings. The van der Waals surface area contributed by atoms with E-state index in [4.69, 9.17) is 51.5 Å². The van der Waals surface area contributed by atoms with Crippen LogP contribution in [0.25, 0.3) is 11.1 Å². The van der Waals surface area contributed by atoms with Gasteiger partial charge in [-0.2, -0.15) is 0 Å². The van der Waals surface area contributed by atoms with Gasteiger partial charge in [0.1, 0.15) is 49.5 Å². The van der Waals surface area contributed by atoms with Crippen LogP contribution in [-0.2, 0) is 72.0 Å². The average Bonchev–Trinajstić information content (AvgIpc) is 1.64. The number of ether oxygens (including phenoxy) is 6. The van der Waals surface area contributed by atoms with E-state index in [0.717, 1.165) is 38.9 Å². The largest absolute Gasteiger partial charge is 0.495 e. The van der Waals surface area contributed by atoms with Crippen molar-refractivity contribution >= 4 is 71.5 Å². The molecule has 0 bridgehead atoms. The maximum atomic E-state index is 14.0. The fourth-order valence-electron chi connectivity index (χ4n) is 10.9. The molecule has 1 aliphatic carbocycles. The minimum absolute atomic E-state index is 0.0427. The molecule has 5 aromatic carbocycles. The molecule has 0 saturated carbocycles. The molecule has 1 aliphatic heterocycles. The zero-order valence-corrected chi connectivity index (χ0v) is 55.5. The second-order valence-electron chi connectivity index (χ2n) is 25.1. The number of hydrogen-bond donors (Lipinski definition) is 8. The lowest BCUT2D eigenvalue weighted by atomic mass is 9.92. The third kappa shape index (κ3) is 21.3. The van der Waals surface area contributed by atoms with Gasteiger partial charge in [-0.3, -0.25) is 24.0 Å². The third-order valence-electron chi connectivity index (χ3n) is 16.4. The number of carbonyl (C=O) groups is 9. The number of nitrogens with two attached hydrogens (primary N) is 2. The Morgan fingerprint density at radius 2 is 1.39 bits per heavy atom. The van der Waals surface area contributed by atoms with Gasteiger partial charge in [0.25, 0.3) is 0 Å². The highest BCUT2D eigenvalue weighted by atomic mass is 35.5. The van der Waals surface area contributed by atoms with Crippen LogP contribution in [0.2, 0.25) is 5.02 Å². The molecule has 0 unspecified atom stereocenters. The van der Waals surface area contributed by atoms with Crippen molar-refractivity contribution < 1.29 is 71.6 Å². The molecule has 8 atom stereocenters. The Morgan fingerprint density at radius 1 is 0.737 bits per heavy atom. The first-order valence-electron chi connectivity index (χ1n) is 31.7. The summed E-state index contributed by atoms with van der Waals surface area (Å²) in [5.41, 5.74) is 17.7. The highest BCUT2D eigenvalue weighted by molar-refractivity contribution is 6.32. The summed E-state index contributed by atoms with van der Waals surface area (Å²) in [4.78, 5) is 117.